The van der Waals surface area contributed by atoms with E-state index in [0.717, 1.165) is 77.8 Å². The summed E-state index contributed by atoms with van der Waals surface area (Å²) in [5, 5.41) is 15.0. The molecule has 5 nitrogen and oxygen atoms in total. The maximum atomic E-state index is 9.08. The van der Waals surface area contributed by atoms with Crippen molar-refractivity contribution in [1.82, 2.24) is 0 Å². The summed E-state index contributed by atoms with van der Waals surface area (Å²) in [7, 11) is 0. The molecule has 0 saturated heterocycles. The highest BCUT2D eigenvalue weighted by atomic mass is 16.3. The maximum Gasteiger partial charge on any atom is 0.161 e. The molecule has 0 atom stereocenters. The van der Waals surface area contributed by atoms with Crippen molar-refractivity contribution in [2.75, 3.05) is 5.32 Å². The van der Waals surface area contributed by atoms with Crippen LogP contribution in [0.4, 0.5) is 11.4 Å². The van der Waals surface area contributed by atoms with Gasteiger partial charge >= 0.3 is 0 Å². The fourth-order valence-electron chi connectivity index (χ4n) is 7.03. The molecule has 0 unspecified atom stereocenters. The topological polar surface area (TPSA) is 73.7 Å². The SMILES string of the molecule is N=C(/N=C(\N=C\c1ccccc1)c1ccccc1)c1cccc(Nc2ccc(-c3cccc4c3oc3ccccc34)cc2-c2cccc(-c3ccccc3)c2)c1. The van der Waals surface area contributed by atoms with Crippen LogP contribution in [-0.4, -0.2) is 17.9 Å². The van der Waals surface area contributed by atoms with Gasteiger partial charge in [0.25, 0.3) is 0 Å². The Morgan fingerprint density at radius 3 is 1.98 bits per heavy atom. The van der Waals surface area contributed by atoms with Gasteiger partial charge in [0.15, 0.2) is 11.7 Å². The number of benzene rings is 8. The van der Waals surface area contributed by atoms with Crippen molar-refractivity contribution in [1.29, 1.82) is 5.41 Å². The Balaban J connectivity index is 1.10. The van der Waals surface area contributed by atoms with Crippen molar-refractivity contribution in [3.05, 3.63) is 217 Å². The second kappa shape index (κ2) is 15.4. The number of rotatable bonds is 8. The van der Waals surface area contributed by atoms with Gasteiger partial charge in [0.1, 0.15) is 11.2 Å². The van der Waals surface area contributed by atoms with Gasteiger partial charge < -0.3 is 9.73 Å². The largest absolute Gasteiger partial charge is 0.455 e. The van der Waals surface area contributed by atoms with Crippen molar-refractivity contribution >= 4 is 51.2 Å². The van der Waals surface area contributed by atoms with Crippen LogP contribution in [0.2, 0.25) is 0 Å². The van der Waals surface area contributed by atoms with Gasteiger partial charge in [0.05, 0.1) is 0 Å². The van der Waals surface area contributed by atoms with Gasteiger partial charge in [-0.05, 0) is 64.2 Å². The molecule has 0 spiro atoms. The second-order valence-corrected chi connectivity index (χ2v) is 13.5. The van der Waals surface area contributed by atoms with Crippen LogP contribution >= 0.6 is 0 Å². The molecule has 266 valence electrons. The molecule has 0 aliphatic heterocycles. The van der Waals surface area contributed by atoms with Crippen LogP contribution in [0.3, 0.4) is 0 Å². The number of para-hydroxylation sites is 2. The highest BCUT2D eigenvalue weighted by molar-refractivity contribution is 6.13. The lowest BCUT2D eigenvalue weighted by Crippen LogP contribution is -2.05. The average molecular weight is 721 g/mol. The van der Waals surface area contributed by atoms with Crippen LogP contribution < -0.4 is 5.32 Å². The summed E-state index contributed by atoms with van der Waals surface area (Å²) in [6, 6.07) is 67.6. The molecule has 9 rings (SSSR count). The smallest absolute Gasteiger partial charge is 0.161 e. The fraction of sp³-hybridized carbons (Fsp3) is 0. The minimum absolute atomic E-state index is 0.114. The monoisotopic (exact) mass is 720 g/mol. The first-order chi connectivity index (χ1) is 27.7. The summed E-state index contributed by atoms with van der Waals surface area (Å²) in [6.45, 7) is 0. The lowest BCUT2D eigenvalue weighted by atomic mass is 9.94. The van der Waals surface area contributed by atoms with Crippen LogP contribution in [0.25, 0.3) is 55.3 Å². The molecule has 2 N–H and O–H groups in total. The number of fused-ring (bicyclic) bond motifs is 3. The molecule has 0 saturated carbocycles. The second-order valence-electron chi connectivity index (χ2n) is 13.5. The zero-order chi connectivity index (χ0) is 37.7. The minimum atomic E-state index is 0.114. The van der Waals surface area contributed by atoms with Gasteiger partial charge in [-0.3, -0.25) is 5.41 Å². The molecule has 8 aromatic carbocycles. The van der Waals surface area contributed by atoms with E-state index in [2.05, 4.69) is 96.3 Å². The van der Waals surface area contributed by atoms with E-state index in [0.29, 0.717) is 11.4 Å². The third-order valence-electron chi connectivity index (χ3n) is 9.82. The molecule has 56 heavy (non-hydrogen) atoms. The zero-order valence-electron chi connectivity index (χ0n) is 30.4. The molecule has 5 heteroatoms. The molecule has 0 bridgehead atoms. The number of anilines is 2. The van der Waals surface area contributed by atoms with E-state index in [1.165, 1.54) is 0 Å². The lowest BCUT2D eigenvalue weighted by Gasteiger charge is -2.16. The van der Waals surface area contributed by atoms with E-state index in [9.17, 15) is 0 Å². The van der Waals surface area contributed by atoms with Crippen LogP contribution in [0.1, 0.15) is 16.7 Å². The Morgan fingerprint density at radius 1 is 0.500 bits per heavy atom. The van der Waals surface area contributed by atoms with E-state index in [1.807, 2.05) is 109 Å². The summed E-state index contributed by atoms with van der Waals surface area (Å²) >= 11 is 0. The average Bonchev–Trinajstić information content (AvgIpc) is 3.65. The number of amidine groups is 2. The third kappa shape index (κ3) is 7.17. The number of hydrogen-bond donors (Lipinski definition) is 2. The Labute approximate surface area is 325 Å². The molecule has 0 fully saturated rings. The van der Waals surface area contributed by atoms with Gasteiger partial charge in [0.2, 0.25) is 0 Å². The van der Waals surface area contributed by atoms with Gasteiger partial charge in [0, 0.05) is 50.6 Å². The standard InChI is InChI=1S/C51H36N4O/c52-50(55-51(37-19-8-3-9-20-37)53-34-35-15-4-1-5-16-35)41-23-13-24-42(32-41)54-47-30-29-40(43-26-14-27-45-44-25-10-11-28-48(44)56-49(43)45)33-46(47)39-22-12-21-38(31-39)36-17-6-2-7-18-36/h1-34,52,54H/b52-50?,53-34+,55-51-. The van der Waals surface area contributed by atoms with Crippen molar-refractivity contribution in [3.63, 3.8) is 0 Å². The molecule has 9 aromatic rings. The molecule has 1 heterocycles. The van der Waals surface area contributed by atoms with Crippen molar-refractivity contribution in [2.24, 2.45) is 9.98 Å². The minimum Gasteiger partial charge on any atom is -0.455 e. The Morgan fingerprint density at radius 2 is 1.14 bits per heavy atom. The molecule has 0 aliphatic carbocycles. The van der Waals surface area contributed by atoms with Crippen molar-refractivity contribution < 1.29 is 4.42 Å². The Hall–Kier alpha value is -7.63. The number of hydrogen-bond acceptors (Lipinski definition) is 3. The highest BCUT2D eigenvalue weighted by Gasteiger charge is 2.16. The summed E-state index contributed by atoms with van der Waals surface area (Å²) < 4.78 is 6.46. The summed E-state index contributed by atoms with van der Waals surface area (Å²) in [5.74, 6) is 0.580. The number of furan rings is 1. The Kier molecular flexibility index (Phi) is 9.38. The molecular weight excluding hydrogens is 685 g/mol. The van der Waals surface area contributed by atoms with Crippen LogP contribution in [-0.2, 0) is 0 Å². The first kappa shape index (κ1) is 34.2. The highest BCUT2D eigenvalue weighted by Crippen LogP contribution is 2.40. The number of nitrogens with one attached hydrogen (secondary N) is 2. The van der Waals surface area contributed by atoms with Gasteiger partial charge in [-0.2, -0.15) is 0 Å². The number of aliphatic imine (C=N–C) groups is 2. The van der Waals surface area contributed by atoms with Crippen molar-refractivity contribution in [3.8, 4) is 33.4 Å². The normalized spacial score (nSPS) is 11.7. The number of nitrogens with zero attached hydrogens (tertiary/aromatic N) is 2. The Bertz CT molecular complexity index is 2890. The molecule has 1 aromatic heterocycles. The van der Waals surface area contributed by atoms with E-state index in [1.54, 1.807) is 6.21 Å². The predicted molar refractivity (Wildman–Crippen MR) is 234 cm³/mol. The van der Waals surface area contributed by atoms with Crippen molar-refractivity contribution in [2.45, 2.75) is 0 Å². The van der Waals surface area contributed by atoms with E-state index in [-0.39, 0.29) is 5.84 Å². The quantitative estimate of drug-likeness (QED) is 0.121. The third-order valence-corrected chi connectivity index (χ3v) is 9.82. The predicted octanol–water partition coefficient (Wildman–Crippen LogP) is 13.2. The van der Waals surface area contributed by atoms with E-state index >= 15 is 0 Å². The summed E-state index contributed by atoms with van der Waals surface area (Å²) in [4.78, 5) is 9.46. The molecule has 0 radical (unpaired) electrons. The first-order valence-corrected chi connectivity index (χ1v) is 18.6. The molecule has 0 aliphatic rings. The zero-order valence-corrected chi connectivity index (χ0v) is 30.4. The summed E-state index contributed by atoms with van der Waals surface area (Å²) in [5.41, 5.74) is 12.4. The van der Waals surface area contributed by atoms with Gasteiger partial charge in [-0.15, -0.1) is 0 Å². The lowest BCUT2D eigenvalue weighted by molar-refractivity contribution is 0.670. The molecular formula is C51H36N4O. The maximum absolute atomic E-state index is 9.08. The fourth-order valence-corrected chi connectivity index (χ4v) is 7.03. The van der Waals surface area contributed by atoms with E-state index in [4.69, 9.17) is 19.8 Å². The van der Waals surface area contributed by atoms with Crippen LogP contribution in [0.5, 0.6) is 0 Å². The van der Waals surface area contributed by atoms with Crippen LogP contribution in [0, 0.1) is 5.41 Å². The molecule has 0 amide bonds. The van der Waals surface area contributed by atoms with E-state index < -0.39 is 0 Å². The van der Waals surface area contributed by atoms with Crippen LogP contribution in [0.15, 0.2) is 215 Å². The first-order valence-electron chi connectivity index (χ1n) is 18.6. The summed E-state index contributed by atoms with van der Waals surface area (Å²) in [6.07, 6.45) is 1.78. The van der Waals surface area contributed by atoms with Gasteiger partial charge in [-0.1, -0.05) is 164 Å². The van der Waals surface area contributed by atoms with Gasteiger partial charge in [-0.25, -0.2) is 9.98 Å².